The van der Waals surface area contributed by atoms with E-state index in [0.717, 1.165) is 5.46 Å². The minimum atomic E-state index is -0.420. The fraction of sp³-hybridized carbons (Fsp3) is 0.667. The van der Waals surface area contributed by atoms with E-state index < -0.39 is 7.12 Å². The van der Waals surface area contributed by atoms with Gasteiger partial charge in [0.25, 0.3) is 0 Å². The van der Waals surface area contributed by atoms with E-state index in [4.69, 9.17) is 14.0 Å². The Balaban J connectivity index is 2.30. The molecule has 21 heavy (non-hydrogen) atoms. The fourth-order valence-corrected chi connectivity index (χ4v) is 2.41. The Morgan fingerprint density at radius 1 is 1.10 bits per heavy atom. The first kappa shape index (κ1) is 16.8. The Labute approximate surface area is 135 Å². The summed E-state index contributed by atoms with van der Waals surface area (Å²) in [6.45, 7) is 14.1. The van der Waals surface area contributed by atoms with Gasteiger partial charge in [-0.2, -0.15) is 0 Å². The van der Waals surface area contributed by atoms with E-state index in [1.54, 1.807) is 0 Å². The Bertz CT molecular complexity index is 524. The number of rotatable bonds is 2. The highest BCUT2D eigenvalue weighted by Gasteiger charge is 2.51. The number of halogens is 1. The summed E-state index contributed by atoms with van der Waals surface area (Å²) in [6.07, 6.45) is 0. The van der Waals surface area contributed by atoms with Gasteiger partial charge in [-0.25, -0.2) is 4.98 Å². The van der Waals surface area contributed by atoms with Crippen molar-refractivity contribution < 1.29 is 14.0 Å². The second kappa shape index (κ2) is 5.25. The minimum absolute atomic E-state index is 0.305. The molecule has 2 rings (SSSR count). The lowest BCUT2D eigenvalue weighted by Crippen LogP contribution is -2.41. The minimum Gasteiger partial charge on any atom is -0.472 e. The molecule has 116 valence electrons. The molecular weight excluding hydrogens is 333 g/mol. The molecule has 6 heteroatoms. The van der Waals surface area contributed by atoms with Crippen molar-refractivity contribution >= 4 is 28.5 Å². The Morgan fingerprint density at radius 3 is 2.10 bits per heavy atom. The summed E-state index contributed by atoms with van der Waals surface area (Å²) in [5.41, 5.74) is -0.132. The maximum Gasteiger partial charge on any atom is 0.495 e. The zero-order valence-corrected chi connectivity index (χ0v) is 15.4. The van der Waals surface area contributed by atoms with E-state index in [1.807, 2.05) is 60.6 Å². The van der Waals surface area contributed by atoms with Gasteiger partial charge in [0.15, 0.2) is 0 Å². The van der Waals surface area contributed by atoms with Gasteiger partial charge in [-0.3, -0.25) is 0 Å². The molecule has 0 aliphatic carbocycles. The molecule has 0 radical (unpaired) electrons. The molecule has 0 bridgehead atoms. The van der Waals surface area contributed by atoms with Crippen LogP contribution in [0.25, 0.3) is 0 Å². The Hall–Kier alpha value is -0.585. The first-order chi connectivity index (χ1) is 9.40. The van der Waals surface area contributed by atoms with Gasteiger partial charge in [0.05, 0.1) is 11.2 Å². The van der Waals surface area contributed by atoms with Crippen LogP contribution in [0.1, 0.15) is 48.5 Å². The van der Waals surface area contributed by atoms with Crippen molar-refractivity contribution in [3.8, 4) is 5.88 Å². The molecule has 0 atom stereocenters. The number of hydrogen-bond donors (Lipinski definition) is 0. The molecular formula is C15H23BBrNO3. The first-order valence-corrected chi connectivity index (χ1v) is 7.91. The monoisotopic (exact) mass is 355 g/mol. The number of hydrogen-bond acceptors (Lipinski definition) is 4. The van der Waals surface area contributed by atoms with Crippen LogP contribution in [-0.4, -0.2) is 28.9 Å². The van der Waals surface area contributed by atoms with Crippen molar-refractivity contribution in [2.75, 3.05) is 0 Å². The number of pyridine rings is 1. The van der Waals surface area contributed by atoms with Gasteiger partial charge in [0, 0.05) is 6.07 Å². The highest BCUT2D eigenvalue weighted by atomic mass is 79.9. The average molecular weight is 356 g/mol. The van der Waals surface area contributed by atoms with Crippen molar-refractivity contribution in [2.45, 2.75) is 65.3 Å². The maximum atomic E-state index is 6.06. The van der Waals surface area contributed by atoms with Crippen molar-refractivity contribution in [1.82, 2.24) is 4.98 Å². The van der Waals surface area contributed by atoms with Gasteiger partial charge < -0.3 is 14.0 Å². The SMILES string of the molecule is CC(C)(C)Oc1cc(B2OC(C)(C)C(C)(C)O2)cc(Br)n1. The summed E-state index contributed by atoms with van der Waals surface area (Å²) in [6, 6.07) is 3.77. The predicted molar refractivity (Wildman–Crippen MR) is 88.0 cm³/mol. The second-order valence-electron chi connectivity index (χ2n) is 7.36. The quantitative estimate of drug-likeness (QED) is 0.602. The van der Waals surface area contributed by atoms with Crippen LogP contribution in [-0.2, 0) is 9.31 Å². The highest BCUT2D eigenvalue weighted by Crippen LogP contribution is 2.36. The third-order valence-electron chi connectivity index (χ3n) is 3.73. The van der Waals surface area contributed by atoms with Crippen LogP contribution < -0.4 is 10.2 Å². The summed E-state index contributed by atoms with van der Waals surface area (Å²) in [4.78, 5) is 4.35. The zero-order valence-electron chi connectivity index (χ0n) is 13.8. The van der Waals surface area contributed by atoms with E-state index in [-0.39, 0.29) is 16.8 Å². The van der Waals surface area contributed by atoms with Crippen molar-refractivity contribution in [3.63, 3.8) is 0 Å². The summed E-state index contributed by atoms with van der Waals surface area (Å²) >= 11 is 3.42. The predicted octanol–water partition coefficient (Wildman–Crippen LogP) is 3.32. The van der Waals surface area contributed by atoms with E-state index in [2.05, 4.69) is 20.9 Å². The Kier molecular flexibility index (Phi) is 4.19. The summed E-state index contributed by atoms with van der Waals surface area (Å²) in [5, 5.41) is 0. The normalized spacial score (nSPS) is 20.7. The molecule has 0 spiro atoms. The first-order valence-electron chi connectivity index (χ1n) is 7.12. The van der Waals surface area contributed by atoms with Gasteiger partial charge in [-0.05, 0) is 75.9 Å². The molecule has 1 aliphatic heterocycles. The number of nitrogens with zero attached hydrogens (tertiary/aromatic N) is 1. The molecule has 2 heterocycles. The van der Waals surface area contributed by atoms with E-state index in [9.17, 15) is 0 Å². The van der Waals surface area contributed by atoms with Crippen LogP contribution >= 0.6 is 15.9 Å². The highest BCUT2D eigenvalue weighted by molar-refractivity contribution is 9.10. The van der Waals surface area contributed by atoms with Crippen LogP contribution in [0.3, 0.4) is 0 Å². The van der Waals surface area contributed by atoms with Crippen molar-refractivity contribution in [3.05, 3.63) is 16.7 Å². The third kappa shape index (κ3) is 3.79. The standard InChI is InChI=1S/C15H23BBrNO3/c1-13(2,3)19-12-9-10(8-11(17)18-12)16-20-14(4,5)15(6,7)21-16/h8-9H,1-7H3. The molecule has 0 unspecified atom stereocenters. The van der Waals surface area contributed by atoms with Crippen molar-refractivity contribution in [2.24, 2.45) is 0 Å². The van der Waals surface area contributed by atoms with Gasteiger partial charge in [-0.1, -0.05) is 0 Å². The summed E-state index contributed by atoms with van der Waals surface area (Å²) < 4.78 is 18.7. The van der Waals surface area contributed by atoms with Crippen molar-refractivity contribution in [1.29, 1.82) is 0 Å². The molecule has 0 saturated carbocycles. The zero-order chi connectivity index (χ0) is 16.1. The molecule has 1 aromatic heterocycles. The molecule has 4 nitrogen and oxygen atoms in total. The Morgan fingerprint density at radius 2 is 1.62 bits per heavy atom. The molecule has 0 amide bonds. The van der Waals surface area contributed by atoms with Gasteiger partial charge in [0.2, 0.25) is 5.88 Å². The second-order valence-corrected chi connectivity index (χ2v) is 8.18. The smallest absolute Gasteiger partial charge is 0.472 e. The summed E-state index contributed by atoms with van der Waals surface area (Å²) in [5.74, 6) is 0.557. The van der Waals surface area contributed by atoms with E-state index in [0.29, 0.717) is 10.5 Å². The van der Waals surface area contributed by atoms with Gasteiger partial charge in [0.1, 0.15) is 10.2 Å². The van der Waals surface area contributed by atoms with Crippen LogP contribution in [0.5, 0.6) is 5.88 Å². The van der Waals surface area contributed by atoms with E-state index >= 15 is 0 Å². The summed E-state index contributed by atoms with van der Waals surface area (Å²) in [7, 11) is -0.420. The van der Waals surface area contributed by atoms with Crippen LogP contribution in [0, 0.1) is 0 Å². The number of aromatic nitrogens is 1. The van der Waals surface area contributed by atoms with Crippen LogP contribution in [0.15, 0.2) is 16.7 Å². The maximum absolute atomic E-state index is 6.06. The van der Waals surface area contributed by atoms with Crippen LogP contribution in [0.2, 0.25) is 0 Å². The molecule has 0 N–H and O–H groups in total. The van der Waals surface area contributed by atoms with Crippen LogP contribution in [0.4, 0.5) is 0 Å². The molecule has 1 aromatic rings. The lowest BCUT2D eigenvalue weighted by molar-refractivity contribution is 0.00578. The molecule has 1 aliphatic rings. The molecule has 1 saturated heterocycles. The largest absolute Gasteiger partial charge is 0.495 e. The van der Waals surface area contributed by atoms with E-state index in [1.165, 1.54) is 0 Å². The third-order valence-corrected chi connectivity index (χ3v) is 4.14. The van der Waals surface area contributed by atoms with Gasteiger partial charge in [-0.15, -0.1) is 0 Å². The lowest BCUT2D eigenvalue weighted by Gasteiger charge is -2.32. The molecule has 1 fully saturated rings. The topological polar surface area (TPSA) is 40.6 Å². The number of ether oxygens (including phenoxy) is 1. The lowest BCUT2D eigenvalue weighted by atomic mass is 9.80. The fourth-order valence-electron chi connectivity index (χ4n) is 1.97. The van der Waals surface area contributed by atoms with Gasteiger partial charge >= 0.3 is 7.12 Å². The molecule has 0 aromatic carbocycles. The average Bonchev–Trinajstić information content (AvgIpc) is 2.44.